The van der Waals surface area contributed by atoms with Crippen molar-refractivity contribution in [3.05, 3.63) is 30.7 Å². The first kappa shape index (κ1) is 13.0. The van der Waals surface area contributed by atoms with Crippen molar-refractivity contribution in [1.29, 1.82) is 0 Å². The molecule has 0 radical (unpaired) electrons. The molecule has 4 rings (SSSR count). The van der Waals surface area contributed by atoms with Gasteiger partial charge in [-0.15, -0.1) is 5.10 Å². The maximum Gasteiger partial charge on any atom is 0.309 e. The van der Waals surface area contributed by atoms with Gasteiger partial charge in [-0.2, -0.15) is 0 Å². The van der Waals surface area contributed by atoms with Gasteiger partial charge in [-0.3, -0.25) is 9.48 Å². The predicted octanol–water partition coefficient (Wildman–Crippen LogP) is 1.77. The van der Waals surface area contributed by atoms with Crippen LogP contribution >= 0.6 is 0 Å². The maximum absolute atomic E-state index is 11.4. The normalized spacial score (nSPS) is 18.0. The largest absolute Gasteiger partial charge is 0.465 e. The van der Waals surface area contributed by atoms with E-state index in [1.54, 1.807) is 10.9 Å². The number of H-pyrrole nitrogens is 1. The molecule has 1 fully saturated rings. The Balaban J connectivity index is 1.49. The third-order valence-electron chi connectivity index (χ3n) is 3.99. The number of hydrogen-bond acceptors (Lipinski definition) is 5. The molecule has 7 heteroatoms. The monoisotopic (exact) mass is 297 g/mol. The van der Waals surface area contributed by atoms with Crippen molar-refractivity contribution in [3.8, 4) is 11.3 Å². The van der Waals surface area contributed by atoms with Crippen molar-refractivity contribution in [3.63, 3.8) is 0 Å². The number of carbonyl (C=O) groups excluding carboxylic acids is 1. The van der Waals surface area contributed by atoms with Crippen LogP contribution < -0.4 is 0 Å². The van der Waals surface area contributed by atoms with Gasteiger partial charge in [0.05, 0.1) is 18.7 Å². The summed E-state index contributed by atoms with van der Waals surface area (Å²) in [5.74, 6) is -0.104. The molecule has 3 aromatic heterocycles. The average molecular weight is 297 g/mol. The summed E-state index contributed by atoms with van der Waals surface area (Å²) in [7, 11) is 0. The first-order valence-electron chi connectivity index (χ1n) is 7.30. The third kappa shape index (κ3) is 2.34. The molecule has 1 atom stereocenters. The zero-order valence-corrected chi connectivity index (χ0v) is 11.9. The summed E-state index contributed by atoms with van der Waals surface area (Å²) in [5.41, 5.74) is 2.57. The Bertz CT molecular complexity index is 822. The summed E-state index contributed by atoms with van der Waals surface area (Å²) in [6.45, 7) is 1.20. The Hall–Kier alpha value is -2.70. The maximum atomic E-state index is 11.4. The number of carbonyl (C=O) groups is 1. The number of ether oxygens (including phenoxy) is 1. The summed E-state index contributed by atoms with van der Waals surface area (Å²) < 4.78 is 6.73. The van der Waals surface area contributed by atoms with Gasteiger partial charge < -0.3 is 9.72 Å². The Morgan fingerprint density at radius 3 is 3.27 bits per heavy atom. The summed E-state index contributed by atoms with van der Waals surface area (Å²) in [5, 5.41) is 9.36. The molecule has 0 amide bonds. The van der Waals surface area contributed by atoms with E-state index in [0.717, 1.165) is 35.1 Å². The number of aryl methyl sites for hydroxylation is 1. The van der Waals surface area contributed by atoms with Gasteiger partial charge in [0.2, 0.25) is 0 Å². The molecular formula is C15H15N5O2. The lowest BCUT2D eigenvalue weighted by atomic mass is 10.0. The first-order valence-corrected chi connectivity index (χ1v) is 7.30. The van der Waals surface area contributed by atoms with Crippen LogP contribution in [0.5, 0.6) is 0 Å². The fraction of sp³-hybridized carbons (Fsp3) is 0.333. The molecule has 1 N–H and O–H groups in total. The number of rotatable bonds is 4. The van der Waals surface area contributed by atoms with E-state index in [1.807, 2.05) is 24.5 Å². The van der Waals surface area contributed by atoms with Gasteiger partial charge in [-0.25, -0.2) is 4.98 Å². The van der Waals surface area contributed by atoms with E-state index in [9.17, 15) is 4.79 Å². The van der Waals surface area contributed by atoms with Crippen LogP contribution in [0.15, 0.2) is 30.7 Å². The van der Waals surface area contributed by atoms with Gasteiger partial charge in [-0.1, -0.05) is 5.21 Å². The van der Waals surface area contributed by atoms with Crippen molar-refractivity contribution in [2.24, 2.45) is 5.92 Å². The van der Waals surface area contributed by atoms with Crippen LogP contribution in [0.25, 0.3) is 22.3 Å². The summed E-state index contributed by atoms with van der Waals surface area (Å²) >= 11 is 0. The van der Waals surface area contributed by atoms with Gasteiger partial charge in [0, 0.05) is 29.9 Å². The van der Waals surface area contributed by atoms with Crippen LogP contribution in [0.1, 0.15) is 12.8 Å². The summed E-state index contributed by atoms with van der Waals surface area (Å²) in [6, 6.07) is 4.00. The smallest absolute Gasteiger partial charge is 0.309 e. The predicted molar refractivity (Wildman–Crippen MR) is 78.8 cm³/mol. The van der Waals surface area contributed by atoms with Crippen molar-refractivity contribution in [2.75, 3.05) is 6.61 Å². The second-order valence-corrected chi connectivity index (χ2v) is 5.45. The minimum atomic E-state index is -0.0950. The average Bonchev–Trinajstić information content (AvgIpc) is 3.25. The summed E-state index contributed by atoms with van der Waals surface area (Å²) in [6.07, 6.45) is 7.06. The zero-order valence-electron chi connectivity index (χ0n) is 11.9. The van der Waals surface area contributed by atoms with Crippen LogP contribution in [-0.2, 0) is 16.1 Å². The molecule has 7 nitrogen and oxygen atoms in total. The molecule has 1 aliphatic rings. The van der Waals surface area contributed by atoms with Gasteiger partial charge in [0.1, 0.15) is 11.3 Å². The Labute approximate surface area is 126 Å². The van der Waals surface area contributed by atoms with Gasteiger partial charge in [-0.05, 0) is 25.0 Å². The number of nitrogens with zero attached hydrogens (tertiary/aromatic N) is 4. The first-order chi connectivity index (χ1) is 10.8. The van der Waals surface area contributed by atoms with Crippen molar-refractivity contribution >= 4 is 17.0 Å². The van der Waals surface area contributed by atoms with E-state index in [2.05, 4.69) is 20.3 Å². The molecule has 4 heterocycles. The van der Waals surface area contributed by atoms with Crippen LogP contribution in [0, 0.1) is 5.92 Å². The molecule has 3 aromatic rings. The topological polar surface area (TPSA) is 85.7 Å². The Kier molecular flexibility index (Phi) is 3.10. The van der Waals surface area contributed by atoms with Crippen molar-refractivity contribution in [2.45, 2.75) is 19.4 Å². The molecule has 0 aliphatic carbocycles. The molecule has 0 saturated carbocycles. The third-order valence-corrected chi connectivity index (χ3v) is 3.99. The number of cyclic esters (lactones) is 1. The molecule has 1 saturated heterocycles. The molecule has 22 heavy (non-hydrogen) atoms. The molecule has 0 aromatic carbocycles. The Morgan fingerprint density at radius 1 is 1.45 bits per heavy atom. The fourth-order valence-electron chi connectivity index (χ4n) is 2.71. The van der Waals surface area contributed by atoms with Crippen LogP contribution in [0.3, 0.4) is 0 Å². The molecule has 1 unspecified atom stereocenters. The molecule has 112 valence electrons. The number of fused-ring (bicyclic) bond motifs is 1. The summed E-state index contributed by atoms with van der Waals surface area (Å²) in [4.78, 5) is 18.9. The Morgan fingerprint density at radius 2 is 2.41 bits per heavy atom. The lowest BCUT2D eigenvalue weighted by molar-refractivity contribution is -0.141. The van der Waals surface area contributed by atoms with Crippen LogP contribution in [0.4, 0.5) is 0 Å². The van der Waals surface area contributed by atoms with E-state index in [1.165, 1.54) is 0 Å². The highest BCUT2D eigenvalue weighted by Crippen LogP contribution is 2.21. The van der Waals surface area contributed by atoms with Crippen LogP contribution in [0.2, 0.25) is 0 Å². The molecule has 0 bridgehead atoms. The number of aromatic amines is 1. The second-order valence-electron chi connectivity index (χ2n) is 5.45. The second kappa shape index (κ2) is 5.25. The molecule has 0 spiro atoms. The SMILES string of the molecule is O=C1OCCC1CCn1cc(-c2cnc3[nH]ccc3c2)nn1. The zero-order chi connectivity index (χ0) is 14.9. The minimum Gasteiger partial charge on any atom is -0.465 e. The van der Waals surface area contributed by atoms with Crippen molar-refractivity contribution in [1.82, 2.24) is 25.0 Å². The fourth-order valence-corrected chi connectivity index (χ4v) is 2.71. The molecular weight excluding hydrogens is 282 g/mol. The van der Waals surface area contributed by atoms with E-state index in [-0.39, 0.29) is 11.9 Å². The standard InChI is InChI=1S/C15H15N5O2/c21-15-10(3-6-22-15)2-5-20-9-13(18-19-20)12-7-11-1-4-16-14(11)17-8-12/h1,4,7-10H,2-3,5-6H2,(H,16,17). The minimum absolute atomic E-state index is 0.00878. The van der Waals surface area contributed by atoms with Gasteiger partial charge in [0.15, 0.2) is 0 Å². The number of esters is 1. The highest BCUT2D eigenvalue weighted by Gasteiger charge is 2.26. The van der Waals surface area contributed by atoms with Gasteiger partial charge >= 0.3 is 5.97 Å². The van der Waals surface area contributed by atoms with Crippen LogP contribution in [-0.4, -0.2) is 37.5 Å². The van der Waals surface area contributed by atoms with Gasteiger partial charge in [0.25, 0.3) is 0 Å². The highest BCUT2D eigenvalue weighted by atomic mass is 16.5. The lowest BCUT2D eigenvalue weighted by Crippen LogP contribution is -2.11. The van der Waals surface area contributed by atoms with E-state index < -0.39 is 0 Å². The number of aromatic nitrogens is 5. The quantitative estimate of drug-likeness (QED) is 0.742. The van der Waals surface area contributed by atoms with E-state index >= 15 is 0 Å². The number of nitrogens with one attached hydrogen (secondary N) is 1. The van der Waals surface area contributed by atoms with E-state index in [0.29, 0.717) is 13.2 Å². The van der Waals surface area contributed by atoms with E-state index in [4.69, 9.17) is 4.74 Å². The highest BCUT2D eigenvalue weighted by molar-refractivity contribution is 5.80. The number of pyridine rings is 1. The van der Waals surface area contributed by atoms with Crippen molar-refractivity contribution < 1.29 is 9.53 Å². The lowest BCUT2D eigenvalue weighted by Gasteiger charge is -2.04. The molecule has 1 aliphatic heterocycles. The number of hydrogen-bond donors (Lipinski definition) is 1.